The van der Waals surface area contributed by atoms with E-state index in [1.54, 1.807) is 0 Å². The number of ketones is 2. The van der Waals surface area contributed by atoms with Gasteiger partial charge in [0.2, 0.25) is 5.78 Å². The van der Waals surface area contributed by atoms with Crippen LogP contribution in [0, 0.1) is 22.0 Å². The van der Waals surface area contributed by atoms with Gasteiger partial charge in [-0.25, -0.2) is 0 Å². The highest BCUT2D eigenvalue weighted by atomic mass is 16.9. The topological polar surface area (TPSA) is 245 Å². The van der Waals surface area contributed by atoms with E-state index in [9.17, 15) is 39.9 Å². The summed E-state index contributed by atoms with van der Waals surface area (Å²) in [5.74, 6) is -7.89. The molecule has 4 rings (SSSR count). The Morgan fingerprint density at radius 2 is 1.75 bits per heavy atom. The van der Waals surface area contributed by atoms with Crippen LogP contribution in [0.5, 0.6) is 5.75 Å². The van der Waals surface area contributed by atoms with Gasteiger partial charge in [-0.05, 0) is 39.1 Å². The number of phenolic OH excluding ortho intramolecular Hbond substituents is 1. The van der Waals surface area contributed by atoms with Gasteiger partial charge in [-0.2, -0.15) is 0 Å². The molecule has 3 aliphatic carbocycles. The summed E-state index contributed by atoms with van der Waals surface area (Å²) >= 11 is 0. The Morgan fingerprint density at radius 1 is 1.19 bits per heavy atom. The third-order valence-electron chi connectivity index (χ3n) is 7.02. The molecule has 0 saturated carbocycles. The maximum absolute atomic E-state index is 13.3. The summed E-state index contributed by atoms with van der Waals surface area (Å²) < 4.78 is 0. The van der Waals surface area contributed by atoms with Gasteiger partial charge in [0.25, 0.3) is 11.0 Å². The number of fused-ring (bicyclic) bond motifs is 3. The summed E-state index contributed by atoms with van der Waals surface area (Å²) in [5.41, 5.74) is -0.654. The highest BCUT2D eigenvalue weighted by Crippen LogP contribution is 2.56. The number of Topliss-reactive ketones (excluding diaryl/α,β-unsaturated/α-hetero) is 2. The molecule has 5 atom stereocenters. The van der Waals surface area contributed by atoms with E-state index in [1.807, 2.05) is 0 Å². The average Bonchev–Trinajstić information content (AvgIpc) is 2.73. The Hall–Kier alpha value is -4.01. The highest BCUT2D eigenvalue weighted by Gasteiger charge is 2.65. The number of primary amides is 1. The number of rotatable bonds is 2. The first-order valence-electron chi connectivity index (χ1n) is 10.5. The number of nitrogens with zero attached hydrogens (tertiary/aromatic N) is 2. The normalized spacial score (nSPS) is 31.2. The summed E-state index contributed by atoms with van der Waals surface area (Å²) in [5, 5.41) is 68.7. The van der Waals surface area contributed by atoms with E-state index in [4.69, 9.17) is 21.1 Å². The minimum absolute atomic E-state index is 0.135. The van der Waals surface area contributed by atoms with E-state index in [1.165, 1.54) is 44.1 Å². The third-order valence-corrected chi connectivity index (χ3v) is 7.02. The molecule has 0 unspecified atom stereocenters. The zero-order valence-electron chi connectivity index (χ0n) is 19.4. The van der Waals surface area contributed by atoms with Crippen LogP contribution in [-0.2, 0) is 15.2 Å². The predicted molar refractivity (Wildman–Crippen MR) is 118 cm³/mol. The Labute approximate surface area is 203 Å². The fourth-order valence-electron chi connectivity index (χ4n) is 5.51. The molecule has 1 aromatic rings. The van der Waals surface area contributed by atoms with E-state index < -0.39 is 80.1 Å². The van der Waals surface area contributed by atoms with Gasteiger partial charge in [-0.15, -0.1) is 10.1 Å². The van der Waals surface area contributed by atoms with Crippen LogP contribution in [0.2, 0.25) is 0 Å². The van der Waals surface area contributed by atoms with Crippen molar-refractivity contribution in [3.05, 3.63) is 62.1 Å². The molecular weight excluding hydrogens is 482 g/mol. The van der Waals surface area contributed by atoms with E-state index >= 15 is 0 Å². The first kappa shape index (κ1) is 26.6. The molecule has 0 fully saturated rings. The van der Waals surface area contributed by atoms with Crippen molar-refractivity contribution in [3.8, 4) is 5.75 Å². The quantitative estimate of drug-likeness (QED) is 0.151. The van der Waals surface area contributed by atoms with Gasteiger partial charge >= 0.3 is 0 Å². The first-order valence-corrected chi connectivity index (χ1v) is 10.5. The molecule has 1 amide bonds. The third kappa shape index (κ3) is 3.57. The summed E-state index contributed by atoms with van der Waals surface area (Å²) in [6.45, 7) is 1.40. The lowest BCUT2D eigenvalue weighted by atomic mass is 9.55. The molecule has 8 N–H and O–H groups in total. The smallest absolute Gasteiger partial charge is 0.291 e. The number of aliphatic hydroxyl groups excluding tert-OH is 2. The predicted octanol–water partition coefficient (Wildman–Crippen LogP) is -0.562. The number of phenols is 1. The van der Waals surface area contributed by atoms with Crippen molar-refractivity contribution in [1.29, 1.82) is 0 Å². The second kappa shape index (κ2) is 8.58. The van der Waals surface area contributed by atoms with Gasteiger partial charge < -0.3 is 36.5 Å². The number of carbonyl (C=O) groups is 3. The van der Waals surface area contributed by atoms with Crippen molar-refractivity contribution in [3.63, 3.8) is 0 Å². The maximum atomic E-state index is 13.3. The van der Waals surface area contributed by atoms with Gasteiger partial charge in [-0.1, -0.05) is 12.1 Å². The Balaban J connectivity index is 0.000000840. The fraction of sp³-hybridized carbons (Fsp3) is 0.409. The monoisotopic (exact) mass is 507 g/mol. The molecule has 36 heavy (non-hydrogen) atoms. The van der Waals surface area contributed by atoms with Crippen molar-refractivity contribution >= 4 is 17.5 Å². The molecule has 1 aromatic carbocycles. The SMILES string of the molecule is CN(C)[C@@H]1C(O)=C(C(N)=O)C(=O)[C@@]2(O)C(O)=C3C(=O)c4c(O)cccc4[C@@](C)(O)[C@H]3C[C@@H]12.O=[N+]([O-])O. The molecule has 0 heterocycles. The van der Waals surface area contributed by atoms with Gasteiger partial charge in [0, 0.05) is 17.4 Å². The number of likely N-dealkylation sites (N-methyl/N-ethyl adjacent to an activating group) is 1. The number of amides is 1. The molecule has 14 heteroatoms. The molecular formula is C22H25N3O11. The number of hydrogen-bond acceptors (Lipinski definition) is 11. The van der Waals surface area contributed by atoms with Crippen LogP contribution in [0.4, 0.5) is 0 Å². The second-order valence-corrected chi connectivity index (χ2v) is 9.20. The summed E-state index contributed by atoms with van der Waals surface area (Å²) in [7, 11) is 3.06. The van der Waals surface area contributed by atoms with E-state index in [0.29, 0.717) is 0 Å². The summed E-state index contributed by atoms with van der Waals surface area (Å²) in [4.78, 5) is 48.2. The number of nitrogens with two attached hydrogens (primary N) is 1. The fourth-order valence-corrected chi connectivity index (χ4v) is 5.51. The standard InChI is InChI=1S/C22H24N2O8.HNO3/c1-21(31)8-5-4-6-11(25)12(8)16(26)13-9(21)7-10-15(24(2)3)17(27)14(20(23)30)19(29)22(10,32)18(13)28;2-1(3)4/h4-6,9-10,15,25,27-28,31-32H,7H2,1-3H3,(H2,23,30);(H,2,3,4)/t9-,10-,15-,21+,22-;/m0./s1. The van der Waals surface area contributed by atoms with Crippen LogP contribution in [0.3, 0.4) is 0 Å². The van der Waals surface area contributed by atoms with Gasteiger partial charge in [-0.3, -0.25) is 19.3 Å². The number of hydrogen-bond donors (Lipinski definition) is 7. The Morgan fingerprint density at radius 3 is 2.25 bits per heavy atom. The van der Waals surface area contributed by atoms with Crippen molar-refractivity contribution in [2.75, 3.05) is 14.1 Å². The van der Waals surface area contributed by atoms with Crippen molar-refractivity contribution in [2.45, 2.75) is 30.6 Å². The highest BCUT2D eigenvalue weighted by molar-refractivity contribution is 6.24. The summed E-state index contributed by atoms with van der Waals surface area (Å²) in [6.07, 6.45) is -0.200. The molecule has 0 spiro atoms. The second-order valence-electron chi connectivity index (χ2n) is 9.20. The van der Waals surface area contributed by atoms with Crippen molar-refractivity contribution in [2.24, 2.45) is 17.6 Å². The van der Waals surface area contributed by atoms with E-state index in [0.717, 1.165) is 0 Å². The Kier molecular flexibility index (Phi) is 6.34. The van der Waals surface area contributed by atoms with Gasteiger partial charge in [0.1, 0.15) is 22.8 Å². The lowest BCUT2D eigenvalue weighted by Gasteiger charge is -2.52. The van der Waals surface area contributed by atoms with Gasteiger partial charge in [0.15, 0.2) is 11.4 Å². The van der Waals surface area contributed by atoms with Crippen molar-refractivity contribution in [1.82, 2.24) is 4.90 Å². The molecule has 14 nitrogen and oxygen atoms in total. The molecule has 0 saturated heterocycles. The van der Waals surface area contributed by atoms with E-state index in [-0.39, 0.29) is 17.5 Å². The Bertz CT molecular complexity index is 1250. The van der Waals surface area contributed by atoms with Crippen LogP contribution in [-0.4, -0.2) is 83.9 Å². The van der Waals surface area contributed by atoms with Crippen LogP contribution in [0.15, 0.2) is 40.9 Å². The summed E-state index contributed by atoms with van der Waals surface area (Å²) in [6, 6.07) is 3.05. The molecule has 3 aliphatic rings. The molecule has 0 aromatic heterocycles. The minimum atomic E-state index is -2.75. The van der Waals surface area contributed by atoms with Crippen LogP contribution >= 0.6 is 0 Å². The molecule has 194 valence electrons. The lowest BCUT2D eigenvalue weighted by molar-refractivity contribution is -0.742. The van der Waals surface area contributed by atoms with Crippen LogP contribution < -0.4 is 5.73 Å². The molecule has 0 bridgehead atoms. The molecule has 0 aliphatic heterocycles. The minimum Gasteiger partial charge on any atom is -0.510 e. The largest absolute Gasteiger partial charge is 0.510 e. The number of carbonyl (C=O) groups excluding carboxylic acids is 3. The number of aromatic hydroxyl groups is 1. The van der Waals surface area contributed by atoms with Crippen LogP contribution in [0.1, 0.15) is 29.3 Å². The average molecular weight is 507 g/mol. The van der Waals surface area contributed by atoms with Crippen molar-refractivity contribution < 1.29 is 50.2 Å². The van der Waals surface area contributed by atoms with Gasteiger partial charge in [0.05, 0.1) is 17.2 Å². The first-order chi connectivity index (χ1) is 16.5. The maximum Gasteiger partial charge on any atom is 0.291 e. The van der Waals surface area contributed by atoms with E-state index in [2.05, 4.69) is 0 Å². The lowest BCUT2D eigenvalue weighted by Crippen LogP contribution is -2.65. The van der Waals surface area contributed by atoms with Crippen LogP contribution in [0.25, 0.3) is 0 Å². The zero-order valence-corrected chi connectivity index (χ0v) is 19.4. The number of benzene rings is 1. The molecule has 0 radical (unpaired) electrons. The zero-order chi connectivity index (χ0) is 27.5. The number of aliphatic hydroxyl groups is 4.